The predicted octanol–water partition coefficient (Wildman–Crippen LogP) is 1.77. The summed E-state index contributed by atoms with van der Waals surface area (Å²) in [5.41, 5.74) is 5.09. The number of methoxy groups -OCH3 is 1. The lowest BCUT2D eigenvalue weighted by molar-refractivity contribution is -0.0173. The van der Waals surface area contributed by atoms with E-state index in [2.05, 4.69) is 0 Å². The average Bonchev–Trinajstić information content (AvgIpc) is 2.13. The third-order valence-electron chi connectivity index (χ3n) is 2.90. The summed E-state index contributed by atoms with van der Waals surface area (Å²) in [5, 5.41) is 0. The molecule has 1 heterocycles. The summed E-state index contributed by atoms with van der Waals surface area (Å²) in [6.07, 6.45) is 0. The SMILES string of the molecule is COC1(C)CN(c2c(F)cc(N)cc2F)C1. The molecule has 1 fully saturated rings. The van der Waals surface area contributed by atoms with Crippen LogP contribution in [-0.4, -0.2) is 25.8 Å². The van der Waals surface area contributed by atoms with Crippen LogP contribution in [0.2, 0.25) is 0 Å². The van der Waals surface area contributed by atoms with Gasteiger partial charge in [0.25, 0.3) is 0 Å². The highest BCUT2D eigenvalue weighted by molar-refractivity contribution is 5.58. The molecule has 0 unspecified atom stereocenters. The van der Waals surface area contributed by atoms with Gasteiger partial charge < -0.3 is 15.4 Å². The third kappa shape index (κ3) is 1.71. The molecule has 2 rings (SSSR count). The maximum absolute atomic E-state index is 13.5. The van der Waals surface area contributed by atoms with Gasteiger partial charge in [0.1, 0.15) is 5.69 Å². The molecule has 0 spiro atoms. The quantitative estimate of drug-likeness (QED) is 0.784. The molecule has 0 radical (unpaired) electrons. The first-order chi connectivity index (χ1) is 7.45. The highest BCUT2D eigenvalue weighted by Crippen LogP contribution is 2.34. The van der Waals surface area contributed by atoms with E-state index in [9.17, 15) is 8.78 Å². The maximum atomic E-state index is 13.5. The van der Waals surface area contributed by atoms with Gasteiger partial charge in [0.2, 0.25) is 0 Å². The Kier molecular flexibility index (Phi) is 2.50. The number of nitrogen functional groups attached to an aromatic ring is 1. The van der Waals surface area contributed by atoms with E-state index in [0.717, 1.165) is 12.1 Å². The van der Waals surface area contributed by atoms with Gasteiger partial charge in [0.15, 0.2) is 11.6 Å². The lowest BCUT2D eigenvalue weighted by Crippen LogP contribution is -2.61. The Hall–Kier alpha value is -1.36. The van der Waals surface area contributed by atoms with Crippen LogP contribution in [-0.2, 0) is 4.74 Å². The van der Waals surface area contributed by atoms with E-state index in [1.807, 2.05) is 6.92 Å². The van der Waals surface area contributed by atoms with Crippen LogP contribution in [0.3, 0.4) is 0 Å². The molecule has 0 aromatic heterocycles. The Morgan fingerprint density at radius 3 is 2.25 bits per heavy atom. The maximum Gasteiger partial charge on any atom is 0.151 e. The number of nitrogens with zero attached hydrogens (tertiary/aromatic N) is 1. The number of benzene rings is 1. The summed E-state index contributed by atoms with van der Waals surface area (Å²) in [7, 11) is 1.59. The van der Waals surface area contributed by atoms with Gasteiger partial charge in [-0.15, -0.1) is 0 Å². The highest BCUT2D eigenvalue weighted by Gasteiger charge is 2.41. The minimum absolute atomic E-state index is 0.0243. The Labute approximate surface area is 92.8 Å². The van der Waals surface area contributed by atoms with Crippen molar-refractivity contribution in [2.75, 3.05) is 30.8 Å². The molecule has 3 nitrogen and oxygen atoms in total. The Bertz CT molecular complexity index is 393. The highest BCUT2D eigenvalue weighted by atomic mass is 19.1. The standard InChI is InChI=1S/C11H14F2N2O/c1-11(16-2)5-15(6-11)10-8(12)3-7(14)4-9(10)13/h3-4H,5-6,14H2,1-2H3. The van der Waals surface area contributed by atoms with E-state index in [1.54, 1.807) is 12.0 Å². The zero-order chi connectivity index (χ0) is 11.9. The fraction of sp³-hybridized carbons (Fsp3) is 0.455. The molecule has 1 aliphatic heterocycles. The number of hydrogen-bond acceptors (Lipinski definition) is 3. The van der Waals surface area contributed by atoms with Gasteiger partial charge in [-0.25, -0.2) is 8.78 Å². The van der Waals surface area contributed by atoms with E-state index < -0.39 is 11.6 Å². The van der Waals surface area contributed by atoms with Crippen LogP contribution in [0.1, 0.15) is 6.92 Å². The first-order valence-corrected chi connectivity index (χ1v) is 5.00. The second-order valence-electron chi connectivity index (χ2n) is 4.34. The van der Waals surface area contributed by atoms with E-state index >= 15 is 0 Å². The minimum atomic E-state index is -0.629. The molecule has 0 saturated carbocycles. The summed E-state index contributed by atoms with van der Waals surface area (Å²) >= 11 is 0. The lowest BCUT2D eigenvalue weighted by atomic mass is 9.95. The third-order valence-corrected chi connectivity index (χ3v) is 2.90. The molecule has 2 N–H and O–H groups in total. The average molecular weight is 228 g/mol. The summed E-state index contributed by atoms with van der Waals surface area (Å²) < 4.78 is 32.3. The number of halogens is 2. The van der Waals surface area contributed by atoms with Crippen LogP contribution >= 0.6 is 0 Å². The fourth-order valence-electron chi connectivity index (χ4n) is 1.94. The van der Waals surface area contributed by atoms with Gasteiger partial charge in [0.05, 0.1) is 5.60 Å². The van der Waals surface area contributed by atoms with Crippen LogP contribution in [0.25, 0.3) is 0 Å². The molecule has 88 valence electrons. The van der Waals surface area contributed by atoms with Gasteiger partial charge in [0, 0.05) is 25.9 Å². The molecule has 1 aromatic carbocycles. The lowest BCUT2D eigenvalue weighted by Gasteiger charge is -2.48. The number of ether oxygens (including phenoxy) is 1. The molecular weight excluding hydrogens is 214 g/mol. The van der Waals surface area contributed by atoms with Crippen LogP contribution in [0.15, 0.2) is 12.1 Å². The molecular formula is C11H14F2N2O. The normalized spacial score (nSPS) is 18.4. The van der Waals surface area contributed by atoms with Crippen molar-refractivity contribution in [2.45, 2.75) is 12.5 Å². The van der Waals surface area contributed by atoms with E-state index in [-0.39, 0.29) is 17.0 Å². The molecule has 0 aliphatic carbocycles. The van der Waals surface area contributed by atoms with Gasteiger partial charge in [-0.1, -0.05) is 0 Å². The van der Waals surface area contributed by atoms with E-state index in [1.165, 1.54) is 0 Å². The second-order valence-corrected chi connectivity index (χ2v) is 4.34. The van der Waals surface area contributed by atoms with Gasteiger partial charge in [-0.3, -0.25) is 0 Å². The van der Waals surface area contributed by atoms with Crippen molar-refractivity contribution < 1.29 is 13.5 Å². The van der Waals surface area contributed by atoms with Crippen molar-refractivity contribution in [3.05, 3.63) is 23.8 Å². The van der Waals surface area contributed by atoms with E-state index in [4.69, 9.17) is 10.5 Å². The molecule has 16 heavy (non-hydrogen) atoms. The summed E-state index contributed by atoms with van der Waals surface area (Å²) in [4.78, 5) is 1.60. The Morgan fingerprint density at radius 1 is 1.31 bits per heavy atom. The predicted molar refractivity (Wildman–Crippen MR) is 58.4 cm³/mol. The smallest absolute Gasteiger partial charge is 0.151 e. The van der Waals surface area contributed by atoms with Crippen molar-refractivity contribution in [1.82, 2.24) is 0 Å². The Morgan fingerprint density at radius 2 is 1.81 bits per heavy atom. The number of nitrogens with two attached hydrogens (primary N) is 1. The second kappa shape index (κ2) is 3.59. The van der Waals surface area contributed by atoms with Crippen molar-refractivity contribution in [3.63, 3.8) is 0 Å². The molecule has 0 amide bonds. The summed E-state index contributed by atoms with van der Waals surface area (Å²) in [6.45, 7) is 2.85. The monoisotopic (exact) mass is 228 g/mol. The van der Waals surface area contributed by atoms with Gasteiger partial charge >= 0.3 is 0 Å². The molecule has 0 atom stereocenters. The van der Waals surface area contributed by atoms with Crippen LogP contribution < -0.4 is 10.6 Å². The van der Waals surface area contributed by atoms with Crippen molar-refractivity contribution in [1.29, 1.82) is 0 Å². The fourth-order valence-corrected chi connectivity index (χ4v) is 1.94. The molecule has 5 heteroatoms. The topological polar surface area (TPSA) is 38.5 Å². The first-order valence-electron chi connectivity index (χ1n) is 5.00. The first kappa shape index (κ1) is 11.1. The van der Waals surface area contributed by atoms with Gasteiger partial charge in [-0.05, 0) is 19.1 Å². The van der Waals surface area contributed by atoms with Crippen LogP contribution in [0, 0.1) is 11.6 Å². The summed E-state index contributed by atoms with van der Waals surface area (Å²) in [6, 6.07) is 2.25. The zero-order valence-electron chi connectivity index (χ0n) is 9.26. The van der Waals surface area contributed by atoms with Crippen molar-refractivity contribution in [3.8, 4) is 0 Å². The Balaban J connectivity index is 2.24. The van der Waals surface area contributed by atoms with Gasteiger partial charge in [-0.2, -0.15) is 0 Å². The zero-order valence-corrected chi connectivity index (χ0v) is 9.26. The summed E-state index contributed by atoms with van der Waals surface area (Å²) in [5.74, 6) is -1.26. The molecule has 1 aromatic rings. The van der Waals surface area contributed by atoms with Crippen molar-refractivity contribution in [2.24, 2.45) is 0 Å². The number of hydrogen-bond donors (Lipinski definition) is 1. The van der Waals surface area contributed by atoms with E-state index in [0.29, 0.717) is 13.1 Å². The van der Waals surface area contributed by atoms with Crippen LogP contribution in [0.5, 0.6) is 0 Å². The largest absolute Gasteiger partial charge is 0.399 e. The molecule has 1 aliphatic rings. The number of rotatable bonds is 2. The molecule has 0 bridgehead atoms. The minimum Gasteiger partial charge on any atom is -0.399 e. The van der Waals surface area contributed by atoms with Crippen LogP contribution in [0.4, 0.5) is 20.2 Å². The number of anilines is 2. The molecule has 1 saturated heterocycles. The van der Waals surface area contributed by atoms with Crippen molar-refractivity contribution >= 4 is 11.4 Å².